The predicted octanol–water partition coefficient (Wildman–Crippen LogP) is 3.71. The van der Waals surface area contributed by atoms with Gasteiger partial charge >= 0.3 is 0 Å². The van der Waals surface area contributed by atoms with Crippen LogP contribution in [0.2, 0.25) is 0 Å². The summed E-state index contributed by atoms with van der Waals surface area (Å²) in [6.45, 7) is 8.70. The van der Waals surface area contributed by atoms with Crippen LogP contribution in [0.3, 0.4) is 0 Å². The first-order valence-corrected chi connectivity index (χ1v) is 10.3. The zero-order chi connectivity index (χ0) is 21.7. The van der Waals surface area contributed by atoms with E-state index in [0.29, 0.717) is 13.0 Å². The van der Waals surface area contributed by atoms with Crippen molar-refractivity contribution in [3.8, 4) is 11.5 Å². The van der Waals surface area contributed by atoms with Gasteiger partial charge in [-0.3, -0.25) is 9.59 Å². The quantitative estimate of drug-likeness (QED) is 0.696. The molecule has 3 rings (SSSR count). The monoisotopic (exact) mass is 410 g/mol. The van der Waals surface area contributed by atoms with Crippen LogP contribution in [0.4, 0.5) is 0 Å². The molecule has 0 aromatic heterocycles. The van der Waals surface area contributed by atoms with Crippen LogP contribution in [-0.4, -0.2) is 25.2 Å². The summed E-state index contributed by atoms with van der Waals surface area (Å²) in [6, 6.07) is 14.4. The van der Waals surface area contributed by atoms with E-state index < -0.39 is 6.04 Å². The molecule has 1 heterocycles. The molecule has 30 heavy (non-hydrogen) atoms. The van der Waals surface area contributed by atoms with Crippen LogP contribution in [0.5, 0.6) is 11.5 Å². The molecule has 0 fully saturated rings. The summed E-state index contributed by atoms with van der Waals surface area (Å²) in [5.74, 6) is 1.30. The van der Waals surface area contributed by atoms with E-state index in [4.69, 9.17) is 9.47 Å². The summed E-state index contributed by atoms with van der Waals surface area (Å²) >= 11 is 0. The van der Waals surface area contributed by atoms with Crippen LogP contribution in [0.15, 0.2) is 48.5 Å². The second kappa shape index (κ2) is 9.20. The highest BCUT2D eigenvalue weighted by Crippen LogP contribution is 2.36. The molecule has 1 aliphatic heterocycles. The van der Waals surface area contributed by atoms with Crippen molar-refractivity contribution in [2.75, 3.05) is 13.3 Å². The highest BCUT2D eigenvalue weighted by molar-refractivity contribution is 5.88. The smallest absolute Gasteiger partial charge is 0.247 e. The minimum absolute atomic E-state index is 0.135. The molecule has 1 atom stereocenters. The van der Waals surface area contributed by atoms with Gasteiger partial charge in [0.2, 0.25) is 18.6 Å². The second-order valence-corrected chi connectivity index (χ2v) is 8.68. The lowest BCUT2D eigenvalue weighted by atomic mass is 9.84. The highest BCUT2D eigenvalue weighted by Gasteiger charge is 2.28. The fraction of sp³-hybridized carbons (Fsp3) is 0.417. The first-order chi connectivity index (χ1) is 14.3. The molecule has 0 bridgehead atoms. The van der Waals surface area contributed by atoms with E-state index in [0.717, 1.165) is 22.6 Å². The molecule has 2 aromatic rings. The van der Waals surface area contributed by atoms with Gasteiger partial charge in [0, 0.05) is 18.4 Å². The van der Waals surface area contributed by atoms with E-state index >= 15 is 0 Å². The number of carbonyl (C=O) groups excluding carboxylic acids is 2. The van der Waals surface area contributed by atoms with Crippen molar-refractivity contribution >= 4 is 11.8 Å². The molecule has 0 saturated heterocycles. The van der Waals surface area contributed by atoms with Gasteiger partial charge in [-0.2, -0.15) is 0 Å². The Morgan fingerprint density at radius 3 is 2.43 bits per heavy atom. The molecular weight excluding hydrogens is 380 g/mol. The van der Waals surface area contributed by atoms with Crippen molar-refractivity contribution < 1.29 is 19.1 Å². The SMILES string of the molecule is CC(C)CC(=O)NC(C(=O)NCC(C)(C)c1ccc2c(c1)OCO2)c1ccccc1. The molecule has 0 aliphatic carbocycles. The van der Waals surface area contributed by atoms with Crippen LogP contribution in [-0.2, 0) is 15.0 Å². The maximum absolute atomic E-state index is 13.1. The van der Waals surface area contributed by atoms with Crippen molar-refractivity contribution in [1.29, 1.82) is 0 Å². The molecule has 6 heteroatoms. The van der Waals surface area contributed by atoms with Gasteiger partial charge in [-0.1, -0.05) is 64.1 Å². The third-order valence-corrected chi connectivity index (χ3v) is 5.15. The van der Waals surface area contributed by atoms with Gasteiger partial charge < -0.3 is 20.1 Å². The molecule has 2 amide bonds. The second-order valence-electron chi connectivity index (χ2n) is 8.68. The Morgan fingerprint density at radius 1 is 1.03 bits per heavy atom. The van der Waals surface area contributed by atoms with Gasteiger partial charge in [0.1, 0.15) is 6.04 Å². The van der Waals surface area contributed by atoms with Gasteiger partial charge in [0.15, 0.2) is 11.5 Å². The molecule has 2 aromatic carbocycles. The average Bonchev–Trinajstić information content (AvgIpc) is 3.18. The fourth-order valence-electron chi connectivity index (χ4n) is 3.37. The topological polar surface area (TPSA) is 76.7 Å². The van der Waals surface area contributed by atoms with Crippen molar-refractivity contribution in [1.82, 2.24) is 10.6 Å². The zero-order valence-corrected chi connectivity index (χ0v) is 18.0. The number of carbonyl (C=O) groups is 2. The Balaban J connectivity index is 1.71. The lowest BCUT2D eigenvalue weighted by molar-refractivity contribution is -0.129. The van der Waals surface area contributed by atoms with E-state index in [9.17, 15) is 9.59 Å². The van der Waals surface area contributed by atoms with Gasteiger partial charge in [0.05, 0.1) is 0 Å². The zero-order valence-electron chi connectivity index (χ0n) is 18.0. The maximum Gasteiger partial charge on any atom is 0.247 e. The molecular formula is C24H30N2O4. The number of hydrogen-bond acceptors (Lipinski definition) is 4. The predicted molar refractivity (Wildman–Crippen MR) is 115 cm³/mol. The van der Waals surface area contributed by atoms with Crippen molar-refractivity contribution in [3.05, 3.63) is 59.7 Å². The van der Waals surface area contributed by atoms with Crippen LogP contribution in [0, 0.1) is 5.92 Å². The van der Waals surface area contributed by atoms with Gasteiger partial charge in [-0.15, -0.1) is 0 Å². The van der Waals surface area contributed by atoms with Gasteiger partial charge in [-0.05, 0) is 29.2 Å². The molecule has 0 saturated carbocycles. The number of amides is 2. The molecule has 1 unspecified atom stereocenters. The number of benzene rings is 2. The normalized spacial score (nSPS) is 13.8. The van der Waals surface area contributed by atoms with Crippen LogP contribution < -0.4 is 20.1 Å². The van der Waals surface area contributed by atoms with Gasteiger partial charge in [-0.25, -0.2) is 0 Å². The van der Waals surface area contributed by atoms with E-state index in [1.165, 1.54) is 0 Å². The summed E-state index contributed by atoms with van der Waals surface area (Å²) in [4.78, 5) is 25.4. The summed E-state index contributed by atoms with van der Waals surface area (Å²) in [7, 11) is 0. The molecule has 0 spiro atoms. The lowest BCUT2D eigenvalue weighted by Crippen LogP contribution is -2.44. The Morgan fingerprint density at radius 2 is 1.73 bits per heavy atom. The maximum atomic E-state index is 13.1. The lowest BCUT2D eigenvalue weighted by Gasteiger charge is -2.27. The molecule has 2 N–H and O–H groups in total. The van der Waals surface area contributed by atoms with E-state index in [2.05, 4.69) is 24.5 Å². The first kappa shape index (κ1) is 21.7. The fourth-order valence-corrected chi connectivity index (χ4v) is 3.37. The number of fused-ring (bicyclic) bond motifs is 1. The minimum atomic E-state index is -0.731. The molecule has 6 nitrogen and oxygen atoms in total. The third kappa shape index (κ3) is 5.32. The standard InChI is InChI=1S/C24H30N2O4/c1-16(2)12-21(27)26-22(17-8-6-5-7-9-17)23(28)25-14-24(3,4)18-10-11-19-20(13-18)30-15-29-19/h5-11,13,16,22H,12,14-15H2,1-4H3,(H,25,28)(H,26,27). The number of hydrogen-bond donors (Lipinski definition) is 2. The molecule has 160 valence electrons. The summed E-state index contributed by atoms with van der Waals surface area (Å²) in [5, 5.41) is 5.91. The van der Waals surface area contributed by atoms with Gasteiger partial charge in [0.25, 0.3) is 0 Å². The Bertz CT molecular complexity index is 893. The number of ether oxygens (including phenoxy) is 2. The van der Waals surface area contributed by atoms with Crippen molar-refractivity contribution in [3.63, 3.8) is 0 Å². The first-order valence-electron chi connectivity index (χ1n) is 10.3. The van der Waals surface area contributed by atoms with Crippen LogP contribution in [0.1, 0.15) is 51.3 Å². The average molecular weight is 411 g/mol. The number of nitrogens with one attached hydrogen (secondary N) is 2. The van der Waals surface area contributed by atoms with E-state index in [1.807, 2.05) is 62.4 Å². The highest BCUT2D eigenvalue weighted by atomic mass is 16.7. The summed E-state index contributed by atoms with van der Waals surface area (Å²) in [5.41, 5.74) is 1.46. The minimum Gasteiger partial charge on any atom is -0.454 e. The van der Waals surface area contributed by atoms with E-state index in [-0.39, 0.29) is 29.9 Å². The Kier molecular flexibility index (Phi) is 6.65. The van der Waals surface area contributed by atoms with Crippen LogP contribution in [0.25, 0.3) is 0 Å². The van der Waals surface area contributed by atoms with Crippen LogP contribution >= 0.6 is 0 Å². The van der Waals surface area contributed by atoms with Crippen molar-refractivity contribution in [2.24, 2.45) is 5.92 Å². The number of rotatable bonds is 8. The van der Waals surface area contributed by atoms with E-state index in [1.54, 1.807) is 0 Å². The molecule has 1 aliphatic rings. The third-order valence-electron chi connectivity index (χ3n) is 5.15. The largest absolute Gasteiger partial charge is 0.454 e. The molecule has 0 radical (unpaired) electrons. The summed E-state index contributed by atoms with van der Waals surface area (Å²) in [6.07, 6.45) is 0.374. The van der Waals surface area contributed by atoms with Crippen molar-refractivity contribution in [2.45, 2.75) is 45.6 Å². The Labute approximate surface area is 178 Å². The Hall–Kier alpha value is -3.02. The summed E-state index contributed by atoms with van der Waals surface area (Å²) < 4.78 is 10.9.